The summed E-state index contributed by atoms with van der Waals surface area (Å²) in [5.74, 6) is 0.399. The summed E-state index contributed by atoms with van der Waals surface area (Å²) in [6, 6.07) is 3.59. The van der Waals surface area contributed by atoms with Crippen LogP contribution in [-0.4, -0.2) is 26.7 Å². The number of hydrogen-bond donors (Lipinski definition) is 0. The molecule has 0 spiro atoms. The fourth-order valence-corrected chi connectivity index (χ4v) is 2.09. The number of hydrogen-bond acceptors (Lipinski definition) is 3. The molecule has 0 atom stereocenters. The van der Waals surface area contributed by atoms with Crippen LogP contribution in [0.25, 0.3) is 5.65 Å². The molecule has 0 bridgehead atoms. The van der Waals surface area contributed by atoms with E-state index in [1.165, 1.54) is 12.3 Å². The molecular formula is C12H17FN4. The maximum Gasteiger partial charge on any atom is 0.232 e. The molecule has 0 aliphatic heterocycles. The zero-order valence-electron chi connectivity index (χ0n) is 10.6. The Bertz CT molecular complexity index is 510. The molecule has 4 nitrogen and oxygen atoms in total. The first-order valence-corrected chi connectivity index (χ1v) is 5.79. The number of rotatable bonds is 3. The maximum atomic E-state index is 13.3. The van der Waals surface area contributed by atoms with Crippen molar-refractivity contribution in [2.75, 3.05) is 4.90 Å². The SMILES string of the molecule is CC(C)N(c1nnc2ccc(F)cn12)C(C)C. The van der Waals surface area contributed by atoms with Crippen LogP contribution < -0.4 is 4.90 Å². The van der Waals surface area contributed by atoms with Crippen molar-refractivity contribution in [3.63, 3.8) is 0 Å². The molecule has 0 radical (unpaired) electrons. The number of aromatic nitrogens is 3. The van der Waals surface area contributed by atoms with Crippen LogP contribution in [0.3, 0.4) is 0 Å². The molecule has 2 heterocycles. The molecule has 0 amide bonds. The van der Waals surface area contributed by atoms with E-state index in [0.717, 1.165) is 0 Å². The molecule has 0 fully saturated rings. The standard InChI is InChI=1S/C12H17FN4/c1-8(2)17(9(3)4)12-15-14-11-6-5-10(13)7-16(11)12/h5-9H,1-4H3. The van der Waals surface area contributed by atoms with Gasteiger partial charge in [-0.2, -0.15) is 0 Å². The van der Waals surface area contributed by atoms with E-state index in [1.54, 1.807) is 10.5 Å². The average molecular weight is 236 g/mol. The third-order valence-electron chi connectivity index (χ3n) is 2.69. The number of nitrogens with zero attached hydrogens (tertiary/aromatic N) is 4. The lowest BCUT2D eigenvalue weighted by Crippen LogP contribution is -2.38. The number of fused-ring (bicyclic) bond motifs is 1. The molecule has 17 heavy (non-hydrogen) atoms. The van der Waals surface area contributed by atoms with Crippen molar-refractivity contribution in [3.8, 4) is 0 Å². The number of pyridine rings is 1. The van der Waals surface area contributed by atoms with Crippen molar-refractivity contribution in [3.05, 3.63) is 24.1 Å². The van der Waals surface area contributed by atoms with Crippen LogP contribution in [-0.2, 0) is 0 Å². The van der Waals surface area contributed by atoms with Crippen molar-refractivity contribution in [1.82, 2.24) is 14.6 Å². The highest BCUT2D eigenvalue weighted by Crippen LogP contribution is 2.19. The molecule has 0 aliphatic rings. The Morgan fingerprint density at radius 3 is 2.35 bits per heavy atom. The highest BCUT2D eigenvalue weighted by Gasteiger charge is 2.19. The summed E-state index contributed by atoms with van der Waals surface area (Å²) in [6.07, 6.45) is 1.42. The summed E-state index contributed by atoms with van der Waals surface area (Å²) >= 11 is 0. The maximum absolute atomic E-state index is 13.3. The van der Waals surface area contributed by atoms with Crippen LogP contribution in [0, 0.1) is 5.82 Å². The minimum absolute atomic E-state index is 0.283. The third kappa shape index (κ3) is 2.09. The van der Waals surface area contributed by atoms with E-state index >= 15 is 0 Å². The van der Waals surface area contributed by atoms with E-state index < -0.39 is 0 Å². The van der Waals surface area contributed by atoms with Gasteiger partial charge in [0.2, 0.25) is 5.95 Å². The third-order valence-corrected chi connectivity index (χ3v) is 2.69. The molecule has 2 aromatic heterocycles. The molecule has 0 aromatic carbocycles. The van der Waals surface area contributed by atoms with Gasteiger partial charge in [-0.05, 0) is 39.8 Å². The second-order valence-corrected chi connectivity index (χ2v) is 4.67. The smallest absolute Gasteiger partial charge is 0.232 e. The Labute approximate surface area is 100 Å². The van der Waals surface area contributed by atoms with Crippen molar-refractivity contribution in [1.29, 1.82) is 0 Å². The first-order chi connectivity index (χ1) is 8.00. The van der Waals surface area contributed by atoms with E-state index in [0.29, 0.717) is 11.6 Å². The van der Waals surface area contributed by atoms with Crippen molar-refractivity contribution in [2.45, 2.75) is 39.8 Å². The first kappa shape index (κ1) is 11.8. The molecule has 5 heteroatoms. The van der Waals surface area contributed by atoms with Gasteiger partial charge in [0.05, 0.1) is 0 Å². The predicted octanol–water partition coefficient (Wildman–Crippen LogP) is 2.49. The Morgan fingerprint density at radius 2 is 1.76 bits per heavy atom. The van der Waals surface area contributed by atoms with Crippen molar-refractivity contribution >= 4 is 11.6 Å². The van der Waals surface area contributed by atoms with E-state index in [9.17, 15) is 4.39 Å². The monoisotopic (exact) mass is 236 g/mol. The quantitative estimate of drug-likeness (QED) is 0.821. The summed E-state index contributed by atoms with van der Waals surface area (Å²) in [7, 11) is 0. The van der Waals surface area contributed by atoms with Gasteiger partial charge in [-0.25, -0.2) is 4.39 Å². The summed E-state index contributed by atoms with van der Waals surface area (Å²) < 4.78 is 15.0. The lowest BCUT2D eigenvalue weighted by atomic mass is 10.2. The summed E-state index contributed by atoms with van der Waals surface area (Å²) in [5.41, 5.74) is 0.660. The Morgan fingerprint density at radius 1 is 1.12 bits per heavy atom. The fourth-order valence-electron chi connectivity index (χ4n) is 2.09. The summed E-state index contributed by atoms with van der Waals surface area (Å²) in [6.45, 7) is 8.33. The van der Waals surface area contributed by atoms with Gasteiger partial charge in [-0.3, -0.25) is 4.40 Å². The zero-order chi connectivity index (χ0) is 12.6. The molecule has 0 N–H and O–H groups in total. The molecular weight excluding hydrogens is 219 g/mol. The van der Waals surface area contributed by atoms with Crippen LogP contribution in [0.15, 0.2) is 18.3 Å². The fraction of sp³-hybridized carbons (Fsp3) is 0.500. The van der Waals surface area contributed by atoms with Crippen LogP contribution in [0.5, 0.6) is 0 Å². The lowest BCUT2D eigenvalue weighted by molar-refractivity contribution is 0.583. The minimum Gasteiger partial charge on any atom is -0.336 e. The van der Waals surface area contributed by atoms with Gasteiger partial charge in [0.1, 0.15) is 5.82 Å². The number of anilines is 1. The zero-order valence-corrected chi connectivity index (χ0v) is 10.6. The topological polar surface area (TPSA) is 33.4 Å². The molecule has 0 aliphatic carbocycles. The molecule has 0 saturated heterocycles. The van der Waals surface area contributed by atoms with Gasteiger partial charge < -0.3 is 4.90 Å². The Balaban J connectivity index is 2.57. The van der Waals surface area contributed by atoms with Crippen molar-refractivity contribution in [2.24, 2.45) is 0 Å². The minimum atomic E-state index is -0.286. The van der Waals surface area contributed by atoms with Gasteiger partial charge in [-0.1, -0.05) is 0 Å². The Hall–Kier alpha value is -1.65. The first-order valence-electron chi connectivity index (χ1n) is 5.79. The van der Waals surface area contributed by atoms with E-state index in [-0.39, 0.29) is 17.9 Å². The van der Waals surface area contributed by atoms with Gasteiger partial charge in [0.15, 0.2) is 5.65 Å². The normalized spacial score (nSPS) is 11.7. The summed E-state index contributed by atoms with van der Waals surface area (Å²) in [4.78, 5) is 2.11. The van der Waals surface area contributed by atoms with E-state index in [2.05, 4.69) is 42.8 Å². The highest BCUT2D eigenvalue weighted by atomic mass is 19.1. The van der Waals surface area contributed by atoms with Crippen LogP contribution in [0.4, 0.5) is 10.3 Å². The summed E-state index contributed by atoms with van der Waals surface area (Å²) in [5, 5.41) is 8.20. The van der Waals surface area contributed by atoms with Gasteiger partial charge in [0.25, 0.3) is 0 Å². The molecule has 0 unspecified atom stereocenters. The second-order valence-electron chi connectivity index (χ2n) is 4.67. The Kier molecular flexibility index (Phi) is 3.00. The number of halogens is 1. The van der Waals surface area contributed by atoms with Crippen LogP contribution in [0.2, 0.25) is 0 Å². The van der Waals surface area contributed by atoms with Gasteiger partial charge in [0, 0.05) is 18.3 Å². The highest BCUT2D eigenvalue weighted by molar-refractivity contribution is 5.47. The molecule has 0 saturated carbocycles. The average Bonchev–Trinajstić information content (AvgIpc) is 2.60. The predicted molar refractivity (Wildman–Crippen MR) is 65.7 cm³/mol. The lowest BCUT2D eigenvalue weighted by Gasteiger charge is -2.30. The van der Waals surface area contributed by atoms with Crippen LogP contribution >= 0.6 is 0 Å². The van der Waals surface area contributed by atoms with Crippen LogP contribution in [0.1, 0.15) is 27.7 Å². The molecule has 2 aromatic rings. The second kappa shape index (κ2) is 4.31. The molecule has 2 rings (SSSR count). The van der Waals surface area contributed by atoms with Gasteiger partial charge in [-0.15, -0.1) is 10.2 Å². The van der Waals surface area contributed by atoms with Crippen molar-refractivity contribution < 1.29 is 4.39 Å². The van der Waals surface area contributed by atoms with E-state index in [1.807, 2.05) is 0 Å². The van der Waals surface area contributed by atoms with E-state index in [4.69, 9.17) is 0 Å². The van der Waals surface area contributed by atoms with Gasteiger partial charge >= 0.3 is 0 Å². The molecule has 92 valence electrons. The largest absolute Gasteiger partial charge is 0.336 e.